The summed E-state index contributed by atoms with van der Waals surface area (Å²) in [5.74, 6) is -1.90. The number of carboxylic acids is 1. The van der Waals surface area contributed by atoms with E-state index in [-0.39, 0.29) is 10.9 Å². The number of carbonyl (C=O) groups is 1. The third-order valence-corrected chi connectivity index (χ3v) is 5.78. The summed E-state index contributed by atoms with van der Waals surface area (Å²) in [6, 6.07) is 4.47. The van der Waals surface area contributed by atoms with Gasteiger partial charge in [-0.25, -0.2) is 9.18 Å². The molecule has 3 heterocycles. The van der Waals surface area contributed by atoms with E-state index < -0.39 is 17.2 Å². The van der Waals surface area contributed by atoms with E-state index in [4.69, 9.17) is 4.42 Å². The van der Waals surface area contributed by atoms with Crippen LogP contribution in [0.25, 0.3) is 10.9 Å². The Balaban J connectivity index is 1.57. The van der Waals surface area contributed by atoms with Gasteiger partial charge in [0.2, 0.25) is 5.43 Å². The molecule has 1 aliphatic heterocycles. The number of aromatic nitrogens is 1. The SMILES string of the molecule is CCn1cc(C(=O)O)c(=O)c2cc(F)c(N3CCN(C/C(=N/O)c4ccoc4)CC3)cc21. The highest BCUT2D eigenvalue weighted by atomic mass is 19.1. The maximum atomic E-state index is 15.0. The fourth-order valence-electron chi connectivity index (χ4n) is 4.02. The largest absolute Gasteiger partial charge is 0.477 e. The van der Waals surface area contributed by atoms with Gasteiger partial charge in [-0.15, -0.1) is 0 Å². The highest BCUT2D eigenvalue weighted by Gasteiger charge is 2.23. The predicted octanol–water partition coefficient (Wildman–Crippen LogP) is 2.45. The molecule has 0 radical (unpaired) electrons. The van der Waals surface area contributed by atoms with Crippen LogP contribution >= 0.6 is 0 Å². The van der Waals surface area contributed by atoms with E-state index in [1.54, 1.807) is 16.7 Å². The Bertz CT molecular complexity index is 1230. The van der Waals surface area contributed by atoms with Gasteiger partial charge < -0.3 is 24.2 Å². The maximum Gasteiger partial charge on any atom is 0.341 e. The molecule has 3 aromatic rings. The standard InChI is InChI=1S/C22H23FN4O5/c1-2-26-11-16(22(29)30)21(28)15-9-17(23)20(10-19(15)26)27-6-4-25(5-7-27)12-18(24-31)14-3-8-32-13-14/h3,8-11,13,31H,2,4-7,12H2,1H3,(H,29,30)/b24-18-. The number of oxime groups is 1. The number of hydrogen-bond donors (Lipinski definition) is 2. The number of furan rings is 1. The van der Waals surface area contributed by atoms with Gasteiger partial charge in [0.15, 0.2) is 0 Å². The molecule has 4 rings (SSSR count). The number of rotatable bonds is 6. The molecule has 32 heavy (non-hydrogen) atoms. The summed E-state index contributed by atoms with van der Waals surface area (Å²) in [6.45, 7) is 5.01. The first-order chi connectivity index (χ1) is 15.4. The summed E-state index contributed by atoms with van der Waals surface area (Å²) >= 11 is 0. The van der Waals surface area contributed by atoms with Crippen molar-refractivity contribution in [1.29, 1.82) is 0 Å². The molecule has 1 aliphatic rings. The molecule has 168 valence electrons. The van der Waals surface area contributed by atoms with E-state index >= 15 is 0 Å². The van der Waals surface area contributed by atoms with Crippen LogP contribution < -0.4 is 10.3 Å². The topological polar surface area (TPSA) is 112 Å². The first kappa shape index (κ1) is 21.6. The Morgan fingerprint density at radius 3 is 2.59 bits per heavy atom. The molecule has 1 aromatic carbocycles. The molecule has 1 saturated heterocycles. The number of nitrogens with zero attached hydrogens (tertiary/aromatic N) is 4. The molecule has 0 spiro atoms. The zero-order chi connectivity index (χ0) is 22.8. The molecule has 2 aromatic heterocycles. The quantitative estimate of drug-likeness (QED) is 0.343. The van der Waals surface area contributed by atoms with Crippen LogP contribution in [0.15, 0.2) is 51.3 Å². The third kappa shape index (κ3) is 3.96. The number of piperazine rings is 1. The van der Waals surface area contributed by atoms with Gasteiger partial charge in [-0.2, -0.15) is 0 Å². The van der Waals surface area contributed by atoms with E-state index in [0.717, 1.165) is 6.07 Å². The second-order valence-corrected chi connectivity index (χ2v) is 7.61. The molecule has 0 atom stereocenters. The minimum atomic E-state index is -1.33. The van der Waals surface area contributed by atoms with Gasteiger partial charge in [-0.1, -0.05) is 5.16 Å². The van der Waals surface area contributed by atoms with Crippen molar-refractivity contribution in [3.63, 3.8) is 0 Å². The van der Waals surface area contributed by atoms with E-state index in [1.165, 1.54) is 18.7 Å². The first-order valence-electron chi connectivity index (χ1n) is 10.2. The highest BCUT2D eigenvalue weighted by Crippen LogP contribution is 2.26. The van der Waals surface area contributed by atoms with Crippen molar-refractivity contribution in [2.24, 2.45) is 5.16 Å². The molecule has 0 aliphatic carbocycles. The second kappa shape index (κ2) is 8.83. The third-order valence-electron chi connectivity index (χ3n) is 5.78. The van der Waals surface area contributed by atoms with Gasteiger partial charge in [0.05, 0.1) is 23.7 Å². The number of hydrogen-bond acceptors (Lipinski definition) is 7. The molecular weight excluding hydrogens is 419 g/mol. The fourth-order valence-corrected chi connectivity index (χ4v) is 4.02. The Hall–Kier alpha value is -3.66. The van der Waals surface area contributed by atoms with Crippen LogP contribution in [0.5, 0.6) is 0 Å². The summed E-state index contributed by atoms with van der Waals surface area (Å²) in [6.07, 6.45) is 4.33. The smallest absolute Gasteiger partial charge is 0.341 e. The van der Waals surface area contributed by atoms with Crippen LogP contribution in [0.1, 0.15) is 22.8 Å². The lowest BCUT2D eigenvalue weighted by Crippen LogP contribution is -2.48. The molecule has 0 unspecified atom stereocenters. The highest BCUT2D eigenvalue weighted by molar-refractivity contribution is 6.01. The number of halogens is 1. The number of anilines is 1. The van der Waals surface area contributed by atoms with Crippen LogP contribution in [-0.4, -0.2) is 64.2 Å². The number of aryl methyl sites for hydroxylation is 1. The van der Waals surface area contributed by atoms with Gasteiger partial charge in [0.1, 0.15) is 17.1 Å². The number of aromatic carboxylic acids is 1. The monoisotopic (exact) mass is 442 g/mol. The Morgan fingerprint density at radius 2 is 2.00 bits per heavy atom. The Morgan fingerprint density at radius 1 is 1.25 bits per heavy atom. The normalized spacial score (nSPS) is 15.4. The van der Waals surface area contributed by atoms with E-state index in [0.29, 0.717) is 61.7 Å². The first-order valence-corrected chi connectivity index (χ1v) is 10.2. The van der Waals surface area contributed by atoms with Crippen LogP contribution in [0, 0.1) is 5.82 Å². The zero-order valence-electron chi connectivity index (χ0n) is 17.5. The lowest BCUT2D eigenvalue weighted by atomic mass is 10.1. The van der Waals surface area contributed by atoms with Gasteiger partial charge in [0, 0.05) is 56.4 Å². The molecule has 0 amide bonds. The van der Waals surface area contributed by atoms with Crippen molar-refractivity contribution in [2.45, 2.75) is 13.5 Å². The molecule has 2 N–H and O–H groups in total. The number of benzene rings is 1. The van der Waals surface area contributed by atoms with Crippen LogP contribution in [0.2, 0.25) is 0 Å². The van der Waals surface area contributed by atoms with Crippen molar-refractivity contribution in [3.8, 4) is 0 Å². The lowest BCUT2D eigenvalue weighted by molar-refractivity contribution is 0.0695. The molecule has 10 heteroatoms. The van der Waals surface area contributed by atoms with E-state index in [9.17, 15) is 24.3 Å². The Labute approximate surface area is 182 Å². The molecule has 0 bridgehead atoms. The van der Waals surface area contributed by atoms with Crippen molar-refractivity contribution < 1.29 is 23.9 Å². The van der Waals surface area contributed by atoms with Gasteiger partial charge in [-0.05, 0) is 25.1 Å². The molecule has 0 saturated carbocycles. The predicted molar refractivity (Wildman–Crippen MR) is 116 cm³/mol. The minimum Gasteiger partial charge on any atom is -0.477 e. The summed E-state index contributed by atoms with van der Waals surface area (Å²) in [5, 5.41) is 22.0. The average Bonchev–Trinajstić information content (AvgIpc) is 3.33. The fraction of sp³-hybridized carbons (Fsp3) is 0.318. The van der Waals surface area contributed by atoms with Crippen LogP contribution in [0.3, 0.4) is 0 Å². The van der Waals surface area contributed by atoms with Crippen molar-refractivity contribution in [2.75, 3.05) is 37.6 Å². The summed E-state index contributed by atoms with van der Waals surface area (Å²) < 4.78 is 21.7. The van der Waals surface area contributed by atoms with Crippen molar-refractivity contribution >= 4 is 28.3 Å². The number of fused-ring (bicyclic) bond motifs is 1. The number of pyridine rings is 1. The summed E-state index contributed by atoms with van der Waals surface area (Å²) in [4.78, 5) is 27.9. The van der Waals surface area contributed by atoms with Crippen molar-refractivity contribution in [3.05, 3.63) is 64.1 Å². The van der Waals surface area contributed by atoms with Gasteiger partial charge >= 0.3 is 5.97 Å². The van der Waals surface area contributed by atoms with Gasteiger partial charge in [0.25, 0.3) is 0 Å². The van der Waals surface area contributed by atoms with E-state index in [2.05, 4.69) is 10.1 Å². The molecule has 1 fully saturated rings. The van der Waals surface area contributed by atoms with E-state index in [1.807, 2.05) is 11.8 Å². The van der Waals surface area contributed by atoms with Gasteiger partial charge in [-0.3, -0.25) is 9.69 Å². The summed E-state index contributed by atoms with van der Waals surface area (Å²) in [5.41, 5.74) is 0.990. The maximum absolute atomic E-state index is 15.0. The molecule has 9 nitrogen and oxygen atoms in total. The zero-order valence-corrected chi connectivity index (χ0v) is 17.5. The second-order valence-electron chi connectivity index (χ2n) is 7.61. The minimum absolute atomic E-state index is 0.0514. The molecular formula is C22H23FN4O5. The summed E-state index contributed by atoms with van der Waals surface area (Å²) in [7, 11) is 0. The van der Waals surface area contributed by atoms with Crippen LogP contribution in [-0.2, 0) is 6.54 Å². The van der Waals surface area contributed by atoms with Crippen LogP contribution in [0.4, 0.5) is 10.1 Å². The lowest BCUT2D eigenvalue weighted by Gasteiger charge is -2.36. The number of carboxylic acid groups (broad SMARTS) is 1. The van der Waals surface area contributed by atoms with Crippen molar-refractivity contribution in [1.82, 2.24) is 9.47 Å². The average molecular weight is 442 g/mol. The Kier molecular flexibility index (Phi) is 5.95.